The van der Waals surface area contributed by atoms with E-state index in [1.54, 1.807) is 34.1 Å². The molecule has 5 heteroatoms. The standard InChI is InChI=1S/C21H21N3O2/c1-16-14-24(19-10-7-18(13-22)8-11-19)21(26)15-23(16)20(25)12-9-17-5-3-2-4-6-17/h2-8,10-11,16H,9,12,14-15H2,1H3/t16-/m1/s1. The number of carbonyl (C=O) groups excluding carboxylic acids is 2. The zero-order valence-electron chi connectivity index (χ0n) is 14.8. The summed E-state index contributed by atoms with van der Waals surface area (Å²) in [5.74, 6) is -0.0879. The molecule has 26 heavy (non-hydrogen) atoms. The zero-order valence-corrected chi connectivity index (χ0v) is 14.8. The van der Waals surface area contributed by atoms with E-state index in [9.17, 15) is 9.59 Å². The number of carbonyl (C=O) groups is 2. The number of rotatable bonds is 4. The van der Waals surface area contributed by atoms with Crippen LogP contribution in [0.25, 0.3) is 0 Å². The molecule has 0 aromatic heterocycles. The molecule has 0 unspecified atom stereocenters. The topological polar surface area (TPSA) is 64.4 Å². The minimum atomic E-state index is -0.0964. The number of anilines is 1. The summed E-state index contributed by atoms with van der Waals surface area (Å²) in [6.45, 7) is 2.51. The molecule has 132 valence electrons. The van der Waals surface area contributed by atoms with Crippen LogP contribution in [0.3, 0.4) is 0 Å². The van der Waals surface area contributed by atoms with E-state index in [-0.39, 0.29) is 24.4 Å². The Morgan fingerprint density at radius 3 is 2.50 bits per heavy atom. The lowest BCUT2D eigenvalue weighted by molar-refractivity contribution is -0.139. The van der Waals surface area contributed by atoms with Gasteiger partial charge in [0.2, 0.25) is 11.8 Å². The van der Waals surface area contributed by atoms with Crippen molar-refractivity contribution in [2.24, 2.45) is 0 Å². The number of nitriles is 1. The molecule has 1 aliphatic rings. The lowest BCUT2D eigenvalue weighted by Crippen LogP contribution is -2.57. The van der Waals surface area contributed by atoms with E-state index >= 15 is 0 Å². The molecule has 0 radical (unpaired) electrons. The van der Waals surface area contributed by atoms with Crippen molar-refractivity contribution in [3.63, 3.8) is 0 Å². The van der Waals surface area contributed by atoms with Gasteiger partial charge in [0.25, 0.3) is 0 Å². The summed E-state index contributed by atoms with van der Waals surface area (Å²) in [5, 5.41) is 8.89. The van der Waals surface area contributed by atoms with Gasteiger partial charge in [-0.1, -0.05) is 30.3 Å². The molecule has 1 fully saturated rings. The fraction of sp³-hybridized carbons (Fsp3) is 0.286. The molecule has 0 spiro atoms. The van der Waals surface area contributed by atoms with E-state index in [0.717, 1.165) is 11.3 Å². The third kappa shape index (κ3) is 3.92. The van der Waals surface area contributed by atoms with Crippen LogP contribution in [0.4, 0.5) is 5.69 Å². The molecular weight excluding hydrogens is 326 g/mol. The van der Waals surface area contributed by atoms with Crippen molar-refractivity contribution >= 4 is 17.5 Å². The molecule has 2 aromatic rings. The van der Waals surface area contributed by atoms with Crippen molar-refractivity contribution in [3.05, 3.63) is 65.7 Å². The van der Waals surface area contributed by atoms with E-state index in [0.29, 0.717) is 24.9 Å². The maximum absolute atomic E-state index is 12.6. The smallest absolute Gasteiger partial charge is 0.246 e. The van der Waals surface area contributed by atoms with Gasteiger partial charge in [0, 0.05) is 24.7 Å². The molecule has 5 nitrogen and oxygen atoms in total. The number of amides is 2. The van der Waals surface area contributed by atoms with Gasteiger partial charge >= 0.3 is 0 Å². The van der Waals surface area contributed by atoms with E-state index in [4.69, 9.17) is 5.26 Å². The fourth-order valence-corrected chi connectivity index (χ4v) is 3.19. The fourth-order valence-electron chi connectivity index (χ4n) is 3.19. The summed E-state index contributed by atoms with van der Waals surface area (Å²) in [7, 11) is 0. The average molecular weight is 347 g/mol. The maximum Gasteiger partial charge on any atom is 0.246 e. The monoisotopic (exact) mass is 347 g/mol. The van der Waals surface area contributed by atoms with Gasteiger partial charge in [-0.25, -0.2) is 0 Å². The van der Waals surface area contributed by atoms with Crippen LogP contribution in [-0.4, -0.2) is 35.8 Å². The summed E-state index contributed by atoms with van der Waals surface area (Å²) in [6, 6.07) is 18.9. The van der Waals surface area contributed by atoms with Crippen molar-refractivity contribution in [2.75, 3.05) is 18.0 Å². The third-order valence-corrected chi connectivity index (χ3v) is 4.68. The number of hydrogen-bond donors (Lipinski definition) is 0. The van der Waals surface area contributed by atoms with Crippen LogP contribution in [0.15, 0.2) is 54.6 Å². The highest BCUT2D eigenvalue weighted by Crippen LogP contribution is 2.21. The molecule has 1 aliphatic heterocycles. The highest BCUT2D eigenvalue weighted by Gasteiger charge is 2.32. The van der Waals surface area contributed by atoms with Crippen LogP contribution in [-0.2, 0) is 16.0 Å². The SMILES string of the molecule is C[C@@H]1CN(c2ccc(C#N)cc2)C(=O)CN1C(=O)CCc1ccccc1. The number of aryl methyl sites for hydroxylation is 1. The Kier molecular flexibility index (Phi) is 5.33. The molecule has 2 aromatic carbocycles. The molecule has 0 aliphatic carbocycles. The molecular formula is C21H21N3O2. The molecule has 2 amide bonds. The summed E-state index contributed by atoms with van der Waals surface area (Å²) in [5.41, 5.74) is 2.44. The molecule has 1 heterocycles. The Hall–Kier alpha value is -3.13. The first kappa shape index (κ1) is 17.7. The zero-order chi connectivity index (χ0) is 18.5. The van der Waals surface area contributed by atoms with Crippen molar-refractivity contribution in [3.8, 4) is 6.07 Å². The Morgan fingerprint density at radius 2 is 1.85 bits per heavy atom. The summed E-state index contributed by atoms with van der Waals surface area (Å²) < 4.78 is 0. The highest BCUT2D eigenvalue weighted by molar-refractivity contribution is 5.98. The Bertz CT molecular complexity index is 825. The average Bonchev–Trinajstić information content (AvgIpc) is 2.68. The second-order valence-corrected chi connectivity index (χ2v) is 6.52. The van der Waals surface area contributed by atoms with Crippen molar-refractivity contribution in [1.29, 1.82) is 5.26 Å². The first-order valence-corrected chi connectivity index (χ1v) is 8.72. The van der Waals surface area contributed by atoms with E-state index in [1.165, 1.54) is 0 Å². The second-order valence-electron chi connectivity index (χ2n) is 6.52. The van der Waals surface area contributed by atoms with E-state index < -0.39 is 0 Å². The molecule has 0 N–H and O–H groups in total. The van der Waals surface area contributed by atoms with Crippen LogP contribution < -0.4 is 4.90 Å². The molecule has 1 atom stereocenters. The van der Waals surface area contributed by atoms with Crippen molar-refractivity contribution in [1.82, 2.24) is 4.90 Å². The highest BCUT2D eigenvalue weighted by atomic mass is 16.2. The summed E-state index contributed by atoms with van der Waals surface area (Å²) in [6.07, 6.45) is 1.08. The number of nitrogens with zero attached hydrogens (tertiary/aromatic N) is 3. The van der Waals surface area contributed by atoms with Crippen LogP contribution >= 0.6 is 0 Å². The first-order chi connectivity index (χ1) is 12.6. The van der Waals surface area contributed by atoms with Crippen LogP contribution in [0.2, 0.25) is 0 Å². The molecule has 0 bridgehead atoms. The van der Waals surface area contributed by atoms with E-state index in [2.05, 4.69) is 6.07 Å². The van der Waals surface area contributed by atoms with E-state index in [1.807, 2.05) is 37.3 Å². The summed E-state index contributed by atoms with van der Waals surface area (Å²) in [4.78, 5) is 28.5. The Balaban J connectivity index is 1.63. The largest absolute Gasteiger partial charge is 0.329 e. The van der Waals surface area contributed by atoms with Crippen LogP contribution in [0.1, 0.15) is 24.5 Å². The minimum Gasteiger partial charge on any atom is -0.329 e. The summed E-state index contributed by atoms with van der Waals surface area (Å²) >= 11 is 0. The normalized spacial score (nSPS) is 17.1. The molecule has 1 saturated heterocycles. The lowest BCUT2D eigenvalue weighted by atomic mass is 10.1. The Labute approximate surface area is 153 Å². The van der Waals surface area contributed by atoms with Gasteiger partial charge in [0.1, 0.15) is 6.54 Å². The van der Waals surface area contributed by atoms with Gasteiger partial charge in [-0.05, 0) is 43.2 Å². The quantitative estimate of drug-likeness (QED) is 0.854. The van der Waals surface area contributed by atoms with Gasteiger partial charge < -0.3 is 9.80 Å². The molecule has 3 rings (SSSR count). The predicted molar refractivity (Wildman–Crippen MR) is 99.4 cm³/mol. The van der Waals surface area contributed by atoms with Gasteiger partial charge in [-0.2, -0.15) is 5.26 Å². The van der Waals surface area contributed by atoms with Gasteiger partial charge in [-0.15, -0.1) is 0 Å². The van der Waals surface area contributed by atoms with Crippen molar-refractivity contribution < 1.29 is 9.59 Å². The van der Waals surface area contributed by atoms with Crippen molar-refractivity contribution in [2.45, 2.75) is 25.8 Å². The van der Waals surface area contributed by atoms with Crippen LogP contribution in [0, 0.1) is 11.3 Å². The third-order valence-electron chi connectivity index (χ3n) is 4.68. The van der Waals surface area contributed by atoms with Gasteiger partial charge in [-0.3, -0.25) is 9.59 Å². The number of benzene rings is 2. The predicted octanol–water partition coefficient (Wildman–Crippen LogP) is 2.75. The first-order valence-electron chi connectivity index (χ1n) is 8.72. The molecule has 0 saturated carbocycles. The maximum atomic E-state index is 12.6. The number of piperazine rings is 1. The number of hydrogen-bond acceptors (Lipinski definition) is 3. The van der Waals surface area contributed by atoms with Gasteiger partial charge in [0.05, 0.1) is 11.6 Å². The van der Waals surface area contributed by atoms with Gasteiger partial charge in [0.15, 0.2) is 0 Å². The minimum absolute atomic E-state index is 0.00850. The lowest BCUT2D eigenvalue weighted by Gasteiger charge is -2.39. The van der Waals surface area contributed by atoms with Crippen LogP contribution in [0.5, 0.6) is 0 Å². The second kappa shape index (κ2) is 7.83. The Morgan fingerprint density at radius 1 is 1.15 bits per heavy atom.